The van der Waals surface area contributed by atoms with Crippen molar-refractivity contribution in [3.63, 3.8) is 0 Å². The molecule has 0 aliphatic heterocycles. The van der Waals surface area contributed by atoms with Crippen molar-refractivity contribution in [3.05, 3.63) is 97.2 Å². The molecule has 1 amide bonds. The number of rotatable bonds is 30. The van der Waals surface area contributed by atoms with Crippen molar-refractivity contribution >= 4 is 5.91 Å². The third-order valence-electron chi connectivity index (χ3n) is 7.31. The van der Waals surface area contributed by atoms with Crippen LogP contribution in [-0.2, 0) is 4.79 Å². The summed E-state index contributed by atoms with van der Waals surface area (Å²) in [6, 6.07) is -0.684. The summed E-state index contributed by atoms with van der Waals surface area (Å²) < 4.78 is 0. The first-order valence-corrected chi connectivity index (χ1v) is 18.0. The molecular formula is C41H67NO3. The Hall–Kier alpha value is -2.69. The highest BCUT2D eigenvalue weighted by molar-refractivity contribution is 5.76. The second-order valence-corrected chi connectivity index (χ2v) is 11.5. The first-order valence-electron chi connectivity index (χ1n) is 18.0. The lowest BCUT2D eigenvalue weighted by Gasteiger charge is -2.19. The van der Waals surface area contributed by atoms with Crippen molar-refractivity contribution in [2.24, 2.45) is 0 Å². The number of aliphatic hydroxyl groups is 2. The lowest BCUT2D eigenvalue weighted by molar-refractivity contribution is -0.122. The van der Waals surface area contributed by atoms with Gasteiger partial charge in [-0.3, -0.25) is 4.79 Å². The zero-order valence-corrected chi connectivity index (χ0v) is 28.8. The van der Waals surface area contributed by atoms with Gasteiger partial charge in [0.1, 0.15) is 0 Å². The zero-order valence-electron chi connectivity index (χ0n) is 28.8. The van der Waals surface area contributed by atoms with E-state index in [9.17, 15) is 15.0 Å². The molecule has 0 spiro atoms. The lowest BCUT2D eigenvalue weighted by Crippen LogP contribution is -2.45. The van der Waals surface area contributed by atoms with Crippen LogP contribution in [0.25, 0.3) is 0 Å². The smallest absolute Gasteiger partial charge is 0.220 e. The Kier molecular flexibility index (Phi) is 33.6. The Bertz CT molecular complexity index is 890. The van der Waals surface area contributed by atoms with Gasteiger partial charge in [-0.05, 0) is 70.6 Å². The van der Waals surface area contributed by atoms with Crippen molar-refractivity contribution in [2.75, 3.05) is 6.61 Å². The fourth-order valence-corrected chi connectivity index (χ4v) is 4.57. The van der Waals surface area contributed by atoms with Crippen molar-refractivity contribution in [3.8, 4) is 0 Å². The number of aliphatic hydroxyl groups excluding tert-OH is 2. The molecule has 0 aromatic rings. The fourth-order valence-electron chi connectivity index (χ4n) is 4.57. The molecule has 0 saturated carbocycles. The summed E-state index contributed by atoms with van der Waals surface area (Å²) in [6.07, 6.45) is 53.5. The number of hydrogen-bond acceptors (Lipinski definition) is 3. The Morgan fingerprint density at radius 1 is 0.556 bits per heavy atom. The Morgan fingerprint density at radius 2 is 1.00 bits per heavy atom. The summed E-state index contributed by atoms with van der Waals surface area (Å²) in [5, 5.41) is 22.8. The second-order valence-electron chi connectivity index (χ2n) is 11.5. The van der Waals surface area contributed by atoms with Crippen molar-refractivity contribution < 1.29 is 15.0 Å². The predicted molar refractivity (Wildman–Crippen MR) is 197 cm³/mol. The maximum Gasteiger partial charge on any atom is 0.220 e. The molecule has 0 rings (SSSR count). The van der Waals surface area contributed by atoms with Gasteiger partial charge < -0.3 is 15.5 Å². The van der Waals surface area contributed by atoms with Gasteiger partial charge in [0.2, 0.25) is 5.91 Å². The maximum absolute atomic E-state index is 12.3. The minimum absolute atomic E-state index is 0.162. The van der Waals surface area contributed by atoms with Gasteiger partial charge in [0.05, 0.1) is 18.8 Å². The summed E-state index contributed by atoms with van der Waals surface area (Å²) in [5.74, 6) is -0.162. The second kappa shape index (κ2) is 35.8. The molecule has 4 heteroatoms. The van der Waals surface area contributed by atoms with E-state index < -0.39 is 12.1 Å². The molecular weight excluding hydrogens is 554 g/mol. The van der Waals surface area contributed by atoms with Crippen LogP contribution >= 0.6 is 0 Å². The van der Waals surface area contributed by atoms with E-state index in [0.717, 1.165) is 57.8 Å². The molecule has 0 aliphatic rings. The average Bonchev–Trinajstić information content (AvgIpc) is 3.04. The van der Waals surface area contributed by atoms with Crippen LogP contribution in [0.1, 0.15) is 136 Å². The molecule has 2 unspecified atom stereocenters. The topological polar surface area (TPSA) is 69.6 Å². The van der Waals surface area contributed by atoms with Gasteiger partial charge in [0, 0.05) is 6.42 Å². The van der Waals surface area contributed by atoms with Crippen LogP contribution < -0.4 is 5.32 Å². The van der Waals surface area contributed by atoms with Crippen molar-refractivity contribution in [1.82, 2.24) is 5.32 Å². The molecule has 0 bridgehead atoms. The van der Waals surface area contributed by atoms with Gasteiger partial charge in [0.25, 0.3) is 0 Å². The van der Waals surface area contributed by atoms with Crippen molar-refractivity contribution in [1.29, 1.82) is 0 Å². The Balaban J connectivity index is 3.88. The van der Waals surface area contributed by atoms with E-state index in [2.05, 4.69) is 98.2 Å². The van der Waals surface area contributed by atoms with Crippen LogP contribution in [0.4, 0.5) is 0 Å². The van der Waals surface area contributed by atoms with Crippen LogP contribution in [-0.4, -0.2) is 34.9 Å². The van der Waals surface area contributed by atoms with Gasteiger partial charge in [0.15, 0.2) is 0 Å². The normalized spacial score (nSPS) is 14.3. The number of allylic oxidation sites excluding steroid dienone is 15. The molecule has 0 fully saturated rings. The summed E-state index contributed by atoms with van der Waals surface area (Å²) in [5.41, 5.74) is 0. The van der Waals surface area contributed by atoms with Crippen LogP contribution in [0, 0.1) is 0 Å². The number of nitrogens with one attached hydrogen (secondary N) is 1. The van der Waals surface area contributed by atoms with Gasteiger partial charge in [-0.15, -0.1) is 0 Å². The van der Waals surface area contributed by atoms with E-state index in [1.807, 2.05) is 12.2 Å². The van der Waals surface area contributed by atoms with Crippen LogP contribution in [0.15, 0.2) is 97.2 Å². The fraction of sp³-hybridized carbons (Fsp3) is 0.585. The Labute approximate surface area is 277 Å². The summed E-state index contributed by atoms with van der Waals surface area (Å²) in [6.45, 7) is 4.11. The van der Waals surface area contributed by atoms with E-state index in [-0.39, 0.29) is 12.5 Å². The van der Waals surface area contributed by atoms with Gasteiger partial charge in [-0.1, -0.05) is 156 Å². The highest BCUT2D eigenvalue weighted by atomic mass is 16.3. The molecule has 0 aromatic heterocycles. The largest absolute Gasteiger partial charge is 0.394 e. The number of carbonyl (C=O) groups is 1. The monoisotopic (exact) mass is 622 g/mol. The minimum atomic E-state index is -0.897. The standard InChI is InChI=1S/C41H67NO3/c1-3-5-7-9-11-13-15-17-19-20-21-22-23-25-27-29-31-33-35-37-41(45)42-39(38-43)40(44)36-34-32-30-28-26-24-18-16-14-12-10-8-6-4-2/h5,7,11,13,17,19,21-22,25-28,31,33-34,36,39-40,43-44H,3-4,6,8-10,12,14-16,18,20,23-24,29-30,32,35,37-38H2,1-2H3,(H,42,45)/b7-5-,13-11-,19-17-,22-21-,27-25-,28-26+,33-31-,36-34+. The van der Waals surface area contributed by atoms with E-state index in [0.29, 0.717) is 12.8 Å². The zero-order chi connectivity index (χ0) is 32.9. The number of unbranched alkanes of at least 4 members (excludes halogenated alkanes) is 9. The number of carbonyl (C=O) groups excluding carboxylic acids is 1. The molecule has 4 nitrogen and oxygen atoms in total. The number of amides is 1. The molecule has 0 radical (unpaired) electrons. The third-order valence-corrected chi connectivity index (χ3v) is 7.31. The lowest BCUT2D eigenvalue weighted by atomic mass is 10.1. The first kappa shape index (κ1) is 42.3. The van der Waals surface area contributed by atoms with E-state index in [1.165, 1.54) is 51.4 Å². The summed E-state index contributed by atoms with van der Waals surface area (Å²) in [7, 11) is 0. The van der Waals surface area contributed by atoms with Gasteiger partial charge in [-0.2, -0.15) is 0 Å². The quantitative estimate of drug-likeness (QED) is 0.0552. The predicted octanol–water partition coefficient (Wildman–Crippen LogP) is 10.7. The highest BCUT2D eigenvalue weighted by Gasteiger charge is 2.17. The van der Waals surface area contributed by atoms with Crippen molar-refractivity contribution in [2.45, 2.75) is 148 Å². The maximum atomic E-state index is 12.3. The molecule has 0 aromatic carbocycles. The van der Waals surface area contributed by atoms with Crippen LogP contribution in [0.2, 0.25) is 0 Å². The third kappa shape index (κ3) is 32.5. The molecule has 0 heterocycles. The molecule has 0 aliphatic carbocycles. The highest BCUT2D eigenvalue weighted by Crippen LogP contribution is 2.10. The number of hydrogen-bond donors (Lipinski definition) is 3. The first-order chi connectivity index (χ1) is 22.2. The van der Waals surface area contributed by atoms with E-state index >= 15 is 0 Å². The van der Waals surface area contributed by atoms with E-state index in [4.69, 9.17) is 0 Å². The summed E-state index contributed by atoms with van der Waals surface area (Å²) in [4.78, 5) is 12.3. The van der Waals surface area contributed by atoms with Gasteiger partial charge >= 0.3 is 0 Å². The molecule has 254 valence electrons. The van der Waals surface area contributed by atoms with Crippen LogP contribution in [0.5, 0.6) is 0 Å². The summed E-state index contributed by atoms with van der Waals surface area (Å²) >= 11 is 0. The molecule has 0 saturated heterocycles. The minimum Gasteiger partial charge on any atom is -0.394 e. The molecule has 2 atom stereocenters. The molecule has 45 heavy (non-hydrogen) atoms. The van der Waals surface area contributed by atoms with Crippen LogP contribution in [0.3, 0.4) is 0 Å². The van der Waals surface area contributed by atoms with Gasteiger partial charge in [-0.25, -0.2) is 0 Å². The molecule has 3 N–H and O–H groups in total. The Morgan fingerprint density at radius 3 is 1.53 bits per heavy atom. The van der Waals surface area contributed by atoms with E-state index in [1.54, 1.807) is 6.08 Å². The SMILES string of the molecule is CC/C=C\C/C=C\C/C=C\C/C=C\C/C=C\C/C=C\CCC(=O)NC(CO)C(O)/C=C/CC/C=C/CCCCCCCCCC. The average molecular weight is 622 g/mol.